The van der Waals surface area contributed by atoms with Gasteiger partial charge in [0.2, 0.25) is 0 Å². The molecule has 0 aromatic heterocycles. The van der Waals surface area contributed by atoms with Crippen LogP contribution in [-0.4, -0.2) is 11.2 Å². The van der Waals surface area contributed by atoms with Gasteiger partial charge in [-0.25, -0.2) is 4.39 Å². The summed E-state index contributed by atoms with van der Waals surface area (Å²) in [5.74, 6) is -0.408. The molecule has 0 saturated carbocycles. The Morgan fingerprint density at radius 2 is 1.80 bits per heavy atom. The van der Waals surface area contributed by atoms with Gasteiger partial charge in [-0.05, 0) is 17.7 Å². The Bertz CT molecular complexity index is 553. The van der Waals surface area contributed by atoms with Crippen molar-refractivity contribution < 1.29 is 9.50 Å². The highest BCUT2D eigenvalue weighted by Crippen LogP contribution is 2.23. The second-order valence-corrected chi connectivity index (χ2v) is 5.36. The minimum Gasteiger partial charge on any atom is -0.391 e. The Labute approximate surface area is 132 Å². The molecule has 0 aliphatic rings. The van der Waals surface area contributed by atoms with Gasteiger partial charge >= 0.3 is 0 Å². The third-order valence-corrected chi connectivity index (χ3v) is 3.52. The van der Waals surface area contributed by atoms with Crippen molar-refractivity contribution in [1.29, 1.82) is 0 Å². The molecule has 5 heteroatoms. The first-order valence-corrected chi connectivity index (χ1v) is 6.80. The van der Waals surface area contributed by atoms with Crippen molar-refractivity contribution >= 4 is 28.3 Å². The van der Waals surface area contributed by atoms with E-state index >= 15 is 0 Å². The summed E-state index contributed by atoms with van der Waals surface area (Å²) in [4.78, 5) is 0. The lowest BCUT2D eigenvalue weighted by Gasteiger charge is -2.20. The molecule has 0 amide bonds. The summed E-state index contributed by atoms with van der Waals surface area (Å²) < 4.78 is 14.4. The van der Waals surface area contributed by atoms with Gasteiger partial charge in [-0.15, -0.1) is 12.4 Å². The lowest BCUT2D eigenvalue weighted by molar-refractivity contribution is 0.143. The van der Waals surface area contributed by atoms with Crippen molar-refractivity contribution in [1.82, 2.24) is 0 Å². The van der Waals surface area contributed by atoms with Gasteiger partial charge in [0.05, 0.1) is 12.1 Å². The molecule has 0 fully saturated rings. The molecular weight excluding hydrogens is 345 g/mol. The molecule has 0 radical (unpaired) electrons. The second-order valence-electron chi connectivity index (χ2n) is 4.45. The first-order valence-electron chi connectivity index (χ1n) is 6.00. The van der Waals surface area contributed by atoms with E-state index < -0.39 is 18.0 Å². The number of aliphatic hydroxyl groups is 1. The SMILES string of the molecule is Cl.N[C@@H](c1ccc(Br)cc1F)[C@H](O)Cc1ccccc1. The third-order valence-electron chi connectivity index (χ3n) is 3.02. The molecule has 2 aromatic rings. The van der Waals surface area contributed by atoms with Crippen LogP contribution >= 0.6 is 28.3 Å². The highest BCUT2D eigenvalue weighted by Gasteiger charge is 2.20. The van der Waals surface area contributed by atoms with E-state index in [0.29, 0.717) is 16.5 Å². The standard InChI is InChI=1S/C15H15BrFNO.ClH/c16-11-6-7-12(13(17)9-11)15(18)14(19)8-10-4-2-1-3-5-10;/h1-7,9,14-15,19H,8,18H2;1H/t14-,15+;/m1./s1. The summed E-state index contributed by atoms with van der Waals surface area (Å²) in [6, 6.07) is 13.4. The highest BCUT2D eigenvalue weighted by atomic mass is 79.9. The highest BCUT2D eigenvalue weighted by molar-refractivity contribution is 9.10. The average Bonchev–Trinajstić information content (AvgIpc) is 2.39. The maximum atomic E-state index is 13.8. The quantitative estimate of drug-likeness (QED) is 0.875. The van der Waals surface area contributed by atoms with Crippen LogP contribution in [-0.2, 0) is 6.42 Å². The monoisotopic (exact) mass is 359 g/mol. The van der Waals surface area contributed by atoms with Gasteiger partial charge in [0.1, 0.15) is 5.82 Å². The van der Waals surface area contributed by atoms with Crippen LogP contribution in [0.2, 0.25) is 0 Å². The van der Waals surface area contributed by atoms with E-state index in [1.165, 1.54) is 6.07 Å². The molecular formula is C15H16BrClFNO. The third kappa shape index (κ3) is 4.28. The summed E-state index contributed by atoms with van der Waals surface area (Å²) in [7, 11) is 0. The van der Waals surface area contributed by atoms with Crippen LogP contribution in [0, 0.1) is 5.82 Å². The predicted molar refractivity (Wildman–Crippen MR) is 84.4 cm³/mol. The fourth-order valence-electron chi connectivity index (χ4n) is 1.96. The molecule has 2 rings (SSSR count). The zero-order valence-electron chi connectivity index (χ0n) is 10.7. The van der Waals surface area contributed by atoms with Crippen molar-refractivity contribution in [2.45, 2.75) is 18.6 Å². The van der Waals surface area contributed by atoms with E-state index in [4.69, 9.17) is 5.73 Å². The molecule has 0 spiro atoms. The fraction of sp³-hybridized carbons (Fsp3) is 0.200. The lowest BCUT2D eigenvalue weighted by Crippen LogP contribution is -2.28. The largest absolute Gasteiger partial charge is 0.391 e. The molecule has 0 saturated heterocycles. The zero-order valence-corrected chi connectivity index (χ0v) is 13.1. The Hall–Kier alpha value is -0.940. The Balaban J connectivity index is 0.00000200. The van der Waals surface area contributed by atoms with Gasteiger partial charge in [-0.1, -0.05) is 52.3 Å². The fourth-order valence-corrected chi connectivity index (χ4v) is 2.29. The maximum Gasteiger partial charge on any atom is 0.129 e. The van der Waals surface area contributed by atoms with Crippen LogP contribution in [0.3, 0.4) is 0 Å². The number of hydrogen-bond donors (Lipinski definition) is 2. The first-order chi connectivity index (χ1) is 9.08. The van der Waals surface area contributed by atoms with Gasteiger partial charge in [0, 0.05) is 16.5 Å². The molecule has 2 nitrogen and oxygen atoms in total. The van der Waals surface area contributed by atoms with Crippen molar-refractivity contribution in [3.05, 3.63) is 69.9 Å². The van der Waals surface area contributed by atoms with Gasteiger partial charge < -0.3 is 10.8 Å². The Kier molecular flexibility index (Phi) is 6.62. The van der Waals surface area contributed by atoms with Crippen molar-refractivity contribution in [2.24, 2.45) is 5.73 Å². The van der Waals surface area contributed by atoms with Crippen LogP contribution in [0.25, 0.3) is 0 Å². The molecule has 0 unspecified atom stereocenters. The summed E-state index contributed by atoms with van der Waals surface area (Å²) in [6.45, 7) is 0. The topological polar surface area (TPSA) is 46.2 Å². The van der Waals surface area contributed by atoms with Crippen LogP contribution in [0.4, 0.5) is 4.39 Å². The first kappa shape index (κ1) is 17.1. The van der Waals surface area contributed by atoms with Crippen LogP contribution < -0.4 is 5.73 Å². The van der Waals surface area contributed by atoms with E-state index in [0.717, 1.165) is 5.56 Å². The lowest BCUT2D eigenvalue weighted by atomic mass is 9.96. The molecule has 0 aliphatic carbocycles. The van der Waals surface area contributed by atoms with Gasteiger partial charge in [-0.3, -0.25) is 0 Å². The molecule has 20 heavy (non-hydrogen) atoms. The number of benzene rings is 2. The second kappa shape index (κ2) is 7.74. The smallest absolute Gasteiger partial charge is 0.129 e. The number of nitrogens with two attached hydrogens (primary N) is 1. The Morgan fingerprint density at radius 3 is 2.40 bits per heavy atom. The number of aliphatic hydroxyl groups excluding tert-OH is 1. The van der Waals surface area contributed by atoms with Crippen molar-refractivity contribution in [3.63, 3.8) is 0 Å². The van der Waals surface area contributed by atoms with Gasteiger partial charge in [0.25, 0.3) is 0 Å². The summed E-state index contributed by atoms with van der Waals surface area (Å²) in [5, 5.41) is 10.1. The van der Waals surface area contributed by atoms with Gasteiger partial charge in [-0.2, -0.15) is 0 Å². The van der Waals surface area contributed by atoms with E-state index in [9.17, 15) is 9.50 Å². The van der Waals surface area contributed by atoms with E-state index in [-0.39, 0.29) is 12.4 Å². The molecule has 108 valence electrons. The number of halogens is 3. The zero-order chi connectivity index (χ0) is 13.8. The molecule has 2 atom stereocenters. The van der Waals surface area contributed by atoms with E-state index in [2.05, 4.69) is 15.9 Å². The summed E-state index contributed by atoms with van der Waals surface area (Å²) >= 11 is 3.19. The molecule has 2 aromatic carbocycles. The Morgan fingerprint density at radius 1 is 1.15 bits per heavy atom. The molecule has 0 bridgehead atoms. The summed E-state index contributed by atoms with van der Waals surface area (Å²) in [5.41, 5.74) is 7.23. The number of hydrogen-bond acceptors (Lipinski definition) is 2. The molecule has 3 N–H and O–H groups in total. The van der Waals surface area contributed by atoms with Crippen LogP contribution in [0.15, 0.2) is 53.0 Å². The van der Waals surface area contributed by atoms with E-state index in [1.807, 2.05) is 30.3 Å². The van der Waals surface area contributed by atoms with Crippen LogP contribution in [0.1, 0.15) is 17.2 Å². The minimum absolute atomic E-state index is 0. The van der Waals surface area contributed by atoms with E-state index in [1.54, 1.807) is 12.1 Å². The summed E-state index contributed by atoms with van der Waals surface area (Å²) in [6.07, 6.45) is -0.421. The maximum absolute atomic E-state index is 13.8. The van der Waals surface area contributed by atoms with Gasteiger partial charge in [0.15, 0.2) is 0 Å². The average molecular weight is 361 g/mol. The predicted octanol–water partition coefficient (Wildman–Crippen LogP) is 3.61. The molecule has 0 heterocycles. The van der Waals surface area contributed by atoms with Crippen molar-refractivity contribution in [3.8, 4) is 0 Å². The van der Waals surface area contributed by atoms with Crippen molar-refractivity contribution in [2.75, 3.05) is 0 Å². The minimum atomic E-state index is -0.821. The number of rotatable bonds is 4. The molecule has 0 aliphatic heterocycles. The normalized spacial score (nSPS) is 13.4. The van der Waals surface area contributed by atoms with Crippen LogP contribution in [0.5, 0.6) is 0 Å².